The molecule has 65 heavy (non-hydrogen) atoms. The van der Waals surface area contributed by atoms with Gasteiger partial charge in [-0.2, -0.15) is 0 Å². The summed E-state index contributed by atoms with van der Waals surface area (Å²) >= 11 is 0. The average Bonchev–Trinajstić information content (AvgIpc) is 3.64. The second kappa shape index (κ2) is 13.5. The second-order valence-electron chi connectivity index (χ2n) is 23.9. The van der Waals surface area contributed by atoms with Gasteiger partial charge in [-0.1, -0.05) is 153 Å². The van der Waals surface area contributed by atoms with Crippen molar-refractivity contribution < 1.29 is 0 Å². The van der Waals surface area contributed by atoms with E-state index in [1.165, 1.54) is 128 Å². The van der Waals surface area contributed by atoms with Gasteiger partial charge in [0.15, 0.2) is 0 Å². The van der Waals surface area contributed by atoms with E-state index in [4.69, 9.17) is 0 Å². The van der Waals surface area contributed by atoms with Crippen LogP contribution in [0.4, 0.5) is 39.8 Å². The Balaban J connectivity index is 1.22. The molecule has 0 bridgehead atoms. The van der Waals surface area contributed by atoms with Gasteiger partial charge < -0.3 is 14.7 Å². The molecule has 0 saturated heterocycles. The predicted molar refractivity (Wildman–Crippen MR) is 278 cm³/mol. The lowest BCUT2D eigenvalue weighted by atomic mass is 9.33. The lowest BCUT2D eigenvalue weighted by Gasteiger charge is -2.54. The van der Waals surface area contributed by atoms with Crippen LogP contribution in [0.25, 0.3) is 0 Å². The third-order valence-electron chi connectivity index (χ3n) is 18.3. The molecule has 0 N–H and O–H groups in total. The predicted octanol–water partition coefficient (Wildman–Crippen LogP) is 14.0. The minimum Gasteiger partial charge on any atom is -0.335 e. The van der Waals surface area contributed by atoms with Gasteiger partial charge in [0, 0.05) is 50.6 Å². The molecule has 12 rings (SSSR count). The van der Waals surface area contributed by atoms with E-state index < -0.39 is 0 Å². The number of anilines is 7. The summed E-state index contributed by atoms with van der Waals surface area (Å²) in [5.41, 5.74) is 23.7. The molecule has 4 aliphatic heterocycles. The van der Waals surface area contributed by atoms with E-state index >= 15 is 0 Å². The van der Waals surface area contributed by atoms with Crippen molar-refractivity contribution in [2.45, 2.75) is 160 Å². The molecule has 2 aliphatic carbocycles. The van der Waals surface area contributed by atoms with Crippen LogP contribution in [0.2, 0.25) is 0 Å². The van der Waals surface area contributed by atoms with E-state index in [0.717, 1.165) is 12.8 Å². The molecule has 6 aromatic carbocycles. The topological polar surface area (TPSA) is 9.72 Å². The Labute approximate surface area is 390 Å². The van der Waals surface area contributed by atoms with E-state index in [-0.39, 0.29) is 39.5 Å². The highest BCUT2D eigenvalue weighted by molar-refractivity contribution is 7.00. The molecule has 4 heteroatoms. The maximum atomic E-state index is 2.95. The molecule has 4 heterocycles. The smallest absolute Gasteiger partial charge is 0.252 e. The van der Waals surface area contributed by atoms with Gasteiger partial charge in [0.1, 0.15) is 0 Å². The Bertz CT molecular complexity index is 2950. The molecule has 6 aliphatic rings. The van der Waals surface area contributed by atoms with Crippen molar-refractivity contribution >= 4 is 62.9 Å². The van der Waals surface area contributed by atoms with Gasteiger partial charge in [0.05, 0.1) is 11.1 Å². The number of nitrogens with zero attached hydrogens (tertiary/aromatic N) is 3. The second-order valence-corrected chi connectivity index (χ2v) is 23.9. The van der Waals surface area contributed by atoms with Gasteiger partial charge in [0.25, 0.3) is 6.71 Å². The average molecular weight is 854 g/mol. The quantitative estimate of drug-likeness (QED) is 0.164. The van der Waals surface area contributed by atoms with Gasteiger partial charge in [-0.15, -0.1) is 0 Å². The molecular weight excluding hydrogens is 786 g/mol. The number of benzene rings is 6. The first-order valence-corrected chi connectivity index (χ1v) is 25.1. The molecule has 4 unspecified atom stereocenters. The molecule has 3 nitrogen and oxygen atoms in total. The first-order valence-electron chi connectivity index (χ1n) is 25.1. The maximum Gasteiger partial charge on any atom is 0.252 e. The highest BCUT2D eigenvalue weighted by Crippen LogP contribution is 2.66. The van der Waals surface area contributed by atoms with Gasteiger partial charge in [-0.3, -0.25) is 0 Å². The van der Waals surface area contributed by atoms with Crippen LogP contribution < -0.4 is 31.1 Å². The highest BCUT2D eigenvalue weighted by Gasteiger charge is 2.65. The van der Waals surface area contributed by atoms with Crippen LogP contribution in [-0.2, 0) is 21.7 Å². The van der Waals surface area contributed by atoms with Crippen LogP contribution in [0.5, 0.6) is 0 Å². The van der Waals surface area contributed by atoms with Gasteiger partial charge >= 0.3 is 0 Å². The summed E-state index contributed by atoms with van der Waals surface area (Å²) in [6.07, 6.45) is 9.68. The third-order valence-corrected chi connectivity index (χ3v) is 18.3. The van der Waals surface area contributed by atoms with Crippen molar-refractivity contribution in [2.24, 2.45) is 0 Å². The summed E-state index contributed by atoms with van der Waals surface area (Å²) in [6, 6.07) is 46.6. The SMILES string of the molecule is Cc1cc(C)c2c(c1)N(c1cc3c4c(c1)N1c5c(cccc5C5(c6ccccc6)CCCCC15C)B4c1cc(C(C)(C)C)ccc1N3c1ccc(C(C)(C)C)cc1)C1(C)CCCCC21C. The number of hydrogen-bond donors (Lipinski definition) is 0. The molecule has 0 spiro atoms. The summed E-state index contributed by atoms with van der Waals surface area (Å²) in [5, 5.41) is 0. The van der Waals surface area contributed by atoms with E-state index in [1.54, 1.807) is 5.56 Å². The molecular formula is C61H68BN3. The zero-order valence-electron chi connectivity index (χ0n) is 41.0. The zero-order valence-corrected chi connectivity index (χ0v) is 41.0. The number of fused-ring (bicyclic) bond motifs is 10. The summed E-state index contributed by atoms with van der Waals surface area (Å²) in [4.78, 5) is 8.49. The van der Waals surface area contributed by atoms with Crippen LogP contribution in [-0.4, -0.2) is 17.8 Å². The van der Waals surface area contributed by atoms with Gasteiger partial charge in [-0.05, 0) is 156 Å². The van der Waals surface area contributed by atoms with Crippen LogP contribution in [0.1, 0.15) is 153 Å². The number of aryl methyl sites for hydroxylation is 2. The molecule has 4 atom stereocenters. The number of rotatable bonds is 3. The first kappa shape index (κ1) is 41.2. The van der Waals surface area contributed by atoms with Crippen LogP contribution in [0.3, 0.4) is 0 Å². The Hall–Kier alpha value is -5.22. The van der Waals surface area contributed by atoms with Crippen LogP contribution >= 0.6 is 0 Å². The molecule has 330 valence electrons. The van der Waals surface area contributed by atoms with Gasteiger partial charge in [0.2, 0.25) is 0 Å². The zero-order chi connectivity index (χ0) is 45.2. The minimum atomic E-state index is -0.172. The Morgan fingerprint density at radius 3 is 1.91 bits per heavy atom. The van der Waals surface area contributed by atoms with E-state index in [0.29, 0.717) is 0 Å². The fraction of sp³-hybridized carbons (Fsp3) is 0.410. The van der Waals surface area contributed by atoms with Crippen molar-refractivity contribution in [3.8, 4) is 0 Å². The first-order chi connectivity index (χ1) is 30.9. The Morgan fingerprint density at radius 2 is 1.18 bits per heavy atom. The largest absolute Gasteiger partial charge is 0.335 e. The summed E-state index contributed by atoms with van der Waals surface area (Å²) in [7, 11) is 0. The molecule has 0 aromatic heterocycles. The summed E-state index contributed by atoms with van der Waals surface area (Å²) in [6.45, 7) is 26.8. The Kier molecular flexibility index (Phi) is 8.53. The van der Waals surface area contributed by atoms with Crippen LogP contribution in [0, 0.1) is 13.8 Å². The van der Waals surface area contributed by atoms with E-state index in [2.05, 4.69) is 206 Å². The van der Waals surface area contributed by atoms with Crippen molar-refractivity contribution in [3.63, 3.8) is 0 Å². The summed E-state index contributed by atoms with van der Waals surface area (Å²) in [5.74, 6) is 0. The molecule has 2 saturated carbocycles. The normalized spacial score (nSPS) is 26.0. The standard InChI is InChI=1S/C61H68BN3/c1-39-34-40(2)53-50(35-39)64(59(10)31-16-15-30-58(53,59)9)45-37-51-54-52(38-45)65-55-46(61(42-20-13-12-14-21-42)33-18-17-32-60(61,65)11)22-19-23-47(55)62(54)48-36-43(57(6,7)8)26-29-49(48)63(51)44-27-24-41(25-28-44)56(3,4)5/h12-14,19-29,34-38H,15-18,30-33H2,1-11H3. The van der Waals surface area contributed by atoms with Gasteiger partial charge in [-0.25, -0.2) is 0 Å². The fourth-order valence-electron chi connectivity index (χ4n) is 15.1. The van der Waals surface area contributed by atoms with Crippen molar-refractivity contribution in [2.75, 3.05) is 14.7 Å². The fourth-order valence-corrected chi connectivity index (χ4v) is 15.1. The lowest BCUT2D eigenvalue weighted by Crippen LogP contribution is -2.65. The molecule has 0 radical (unpaired) electrons. The number of para-hydroxylation sites is 1. The molecule has 2 fully saturated rings. The van der Waals surface area contributed by atoms with E-state index in [9.17, 15) is 0 Å². The Morgan fingerprint density at radius 1 is 0.523 bits per heavy atom. The minimum absolute atomic E-state index is 0.00179. The maximum absolute atomic E-state index is 2.95. The van der Waals surface area contributed by atoms with E-state index in [1.807, 2.05) is 0 Å². The molecule has 6 aromatic rings. The highest BCUT2D eigenvalue weighted by atomic mass is 15.3. The van der Waals surface area contributed by atoms with Crippen molar-refractivity contribution in [1.29, 1.82) is 0 Å². The molecule has 0 amide bonds. The third kappa shape index (κ3) is 5.26. The number of hydrogen-bond acceptors (Lipinski definition) is 3. The van der Waals surface area contributed by atoms with Crippen molar-refractivity contribution in [1.82, 2.24) is 0 Å². The monoisotopic (exact) mass is 854 g/mol. The van der Waals surface area contributed by atoms with Crippen molar-refractivity contribution in [3.05, 3.63) is 154 Å². The lowest BCUT2D eigenvalue weighted by molar-refractivity contribution is 0.194. The summed E-state index contributed by atoms with van der Waals surface area (Å²) < 4.78 is 0. The van der Waals surface area contributed by atoms with Crippen LogP contribution in [0.15, 0.2) is 115 Å².